The summed E-state index contributed by atoms with van der Waals surface area (Å²) < 4.78 is 13.3. The summed E-state index contributed by atoms with van der Waals surface area (Å²) in [7, 11) is 0. The Bertz CT molecular complexity index is 502. The molecule has 0 N–H and O–H groups in total. The van der Waals surface area contributed by atoms with Crippen molar-refractivity contribution in [1.82, 2.24) is 4.98 Å². The fourth-order valence-corrected chi connectivity index (χ4v) is 1.94. The van der Waals surface area contributed by atoms with E-state index in [0.29, 0.717) is 12.0 Å². The third kappa shape index (κ3) is 3.18. The number of nitrogens with zero attached hydrogens (tertiary/aromatic N) is 1. The van der Waals surface area contributed by atoms with Crippen LogP contribution in [0, 0.1) is 5.82 Å². The lowest BCUT2D eigenvalue weighted by Crippen LogP contribution is -1.98. The van der Waals surface area contributed by atoms with E-state index in [1.807, 2.05) is 18.2 Å². The molecule has 0 aliphatic rings. The van der Waals surface area contributed by atoms with Crippen molar-refractivity contribution in [2.24, 2.45) is 0 Å². The van der Waals surface area contributed by atoms with Gasteiger partial charge in [-0.15, -0.1) is 11.6 Å². The van der Waals surface area contributed by atoms with E-state index in [9.17, 15) is 4.39 Å². The Morgan fingerprint density at radius 3 is 2.71 bits per heavy atom. The summed E-state index contributed by atoms with van der Waals surface area (Å²) in [5.74, 6) is -0.448. The molecule has 4 heteroatoms. The molecule has 0 bridgehead atoms. The largest absolute Gasteiger partial charge is 0.261 e. The molecule has 0 aliphatic heterocycles. The van der Waals surface area contributed by atoms with Gasteiger partial charge in [-0.25, -0.2) is 4.39 Å². The van der Waals surface area contributed by atoms with Gasteiger partial charge in [0.2, 0.25) is 0 Å². The minimum absolute atomic E-state index is 0.107. The molecule has 2 rings (SSSR count). The molecule has 0 saturated heterocycles. The molecule has 0 amide bonds. The van der Waals surface area contributed by atoms with Gasteiger partial charge in [-0.3, -0.25) is 4.98 Å². The van der Waals surface area contributed by atoms with Crippen LogP contribution in [-0.2, 0) is 6.42 Å². The Hall–Kier alpha value is -1.12. The highest BCUT2D eigenvalue weighted by Crippen LogP contribution is 2.27. The number of rotatable bonds is 3. The summed E-state index contributed by atoms with van der Waals surface area (Å²) in [6.45, 7) is 0. The number of benzene rings is 1. The van der Waals surface area contributed by atoms with Crippen LogP contribution >= 0.6 is 23.2 Å². The van der Waals surface area contributed by atoms with Crippen molar-refractivity contribution in [3.05, 3.63) is 64.7 Å². The Labute approximate surface area is 109 Å². The van der Waals surface area contributed by atoms with Crippen molar-refractivity contribution in [3.8, 4) is 0 Å². The molecule has 0 spiro atoms. The van der Waals surface area contributed by atoms with E-state index >= 15 is 0 Å². The molecule has 0 saturated carbocycles. The maximum Gasteiger partial charge on any atom is 0.142 e. The van der Waals surface area contributed by atoms with E-state index in [2.05, 4.69) is 4.98 Å². The van der Waals surface area contributed by atoms with E-state index in [-0.39, 0.29) is 10.4 Å². The van der Waals surface area contributed by atoms with Crippen LogP contribution in [0.1, 0.15) is 16.6 Å². The van der Waals surface area contributed by atoms with Crippen LogP contribution in [0.15, 0.2) is 42.6 Å². The van der Waals surface area contributed by atoms with E-state index in [1.165, 1.54) is 12.1 Å². The Balaban J connectivity index is 2.14. The van der Waals surface area contributed by atoms with E-state index in [1.54, 1.807) is 12.3 Å². The highest BCUT2D eigenvalue weighted by Gasteiger charge is 2.11. The molecule has 1 aromatic heterocycles. The van der Waals surface area contributed by atoms with Crippen LogP contribution in [0.25, 0.3) is 0 Å². The van der Waals surface area contributed by atoms with Gasteiger partial charge in [0, 0.05) is 18.3 Å². The standard InChI is InChI=1S/C13H10Cl2FN/c14-11-5-4-9(7-13(11)16)12(15)8-10-3-1-2-6-17-10/h1-7,12H,8H2. The predicted molar refractivity (Wildman–Crippen MR) is 67.9 cm³/mol. The lowest BCUT2D eigenvalue weighted by Gasteiger charge is -2.09. The van der Waals surface area contributed by atoms with Crippen LogP contribution in [0.3, 0.4) is 0 Å². The highest BCUT2D eigenvalue weighted by atomic mass is 35.5. The number of alkyl halides is 1. The molecule has 1 aromatic carbocycles. The first kappa shape index (κ1) is 12.3. The van der Waals surface area contributed by atoms with Crippen LogP contribution in [-0.4, -0.2) is 4.98 Å². The Morgan fingerprint density at radius 2 is 2.06 bits per heavy atom. The first-order valence-corrected chi connectivity index (χ1v) is 5.97. The average molecular weight is 270 g/mol. The number of aromatic nitrogens is 1. The van der Waals surface area contributed by atoms with Gasteiger partial charge in [0.15, 0.2) is 0 Å². The smallest absolute Gasteiger partial charge is 0.142 e. The lowest BCUT2D eigenvalue weighted by molar-refractivity contribution is 0.625. The van der Waals surface area contributed by atoms with Gasteiger partial charge in [-0.1, -0.05) is 23.7 Å². The zero-order valence-corrected chi connectivity index (χ0v) is 10.4. The van der Waals surface area contributed by atoms with Gasteiger partial charge in [0.25, 0.3) is 0 Å². The lowest BCUT2D eigenvalue weighted by atomic mass is 10.1. The summed E-state index contributed by atoms with van der Waals surface area (Å²) in [5, 5.41) is -0.202. The van der Waals surface area contributed by atoms with Gasteiger partial charge in [-0.05, 0) is 29.8 Å². The van der Waals surface area contributed by atoms with Crippen molar-refractivity contribution < 1.29 is 4.39 Å². The Kier molecular flexibility index (Phi) is 3.97. The first-order valence-electron chi connectivity index (χ1n) is 5.16. The molecule has 1 nitrogen and oxygen atoms in total. The molecule has 2 aromatic rings. The zero-order valence-electron chi connectivity index (χ0n) is 8.91. The molecular weight excluding hydrogens is 260 g/mol. The molecule has 0 fully saturated rings. The summed E-state index contributed by atoms with van der Waals surface area (Å²) in [4.78, 5) is 4.18. The topological polar surface area (TPSA) is 12.9 Å². The maximum absolute atomic E-state index is 13.3. The number of pyridine rings is 1. The monoisotopic (exact) mass is 269 g/mol. The second-order valence-electron chi connectivity index (χ2n) is 3.67. The van der Waals surface area contributed by atoms with Gasteiger partial charge in [0.1, 0.15) is 5.82 Å². The number of halogens is 3. The summed E-state index contributed by atoms with van der Waals surface area (Å²) >= 11 is 11.8. The van der Waals surface area contributed by atoms with Crippen molar-refractivity contribution in [2.45, 2.75) is 11.8 Å². The average Bonchev–Trinajstić information content (AvgIpc) is 2.34. The SMILES string of the molecule is Fc1cc(C(Cl)Cc2ccccn2)ccc1Cl. The normalized spacial score (nSPS) is 12.4. The van der Waals surface area contributed by atoms with Crippen molar-refractivity contribution in [3.63, 3.8) is 0 Å². The van der Waals surface area contributed by atoms with Crippen LogP contribution < -0.4 is 0 Å². The van der Waals surface area contributed by atoms with Crippen molar-refractivity contribution >= 4 is 23.2 Å². The second kappa shape index (κ2) is 5.48. The molecular formula is C13H10Cl2FN. The molecule has 17 heavy (non-hydrogen) atoms. The molecule has 1 unspecified atom stereocenters. The predicted octanol–water partition coefficient (Wildman–Crippen LogP) is 4.40. The molecule has 1 atom stereocenters. The van der Waals surface area contributed by atoms with Crippen molar-refractivity contribution in [1.29, 1.82) is 0 Å². The second-order valence-corrected chi connectivity index (χ2v) is 4.60. The quantitative estimate of drug-likeness (QED) is 0.753. The summed E-state index contributed by atoms with van der Waals surface area (Å²) in [6, 6.07) is 10.2. The zero-order chi connectivity index (χ0) is 12.3. The summed E-state index contributed by atoms with van der Waals surface area (Å²) in [5.41, 5.74) is 1.59. The van der Waals surface area contributed by atoms with Crippen LogP contribution in [0.4, 0.5) is 4.39 Å². The fraction of sp³-hybridized carbons (Fsp3) is 0.154. The minimum atomic E-state index is -0.448. The van der Waals surface area contributed by atoms with Gasteiger partial charge in [-0.2, -0.15) is 0 Å². The van der Waals surface area contributed by atoms with Crippen LogP contribution in [0.2, 0.25) is 5.02 Å². The molecule has 0 aliphatic carbocycles. The number of hydrogen-bond donors (Lipinski definition) is 0. The van der Waals surface area contributed by atoms with E-state index in [4.69, 9.17) is 23.2 Å². The molecule has 1 heterocycles. The molecule has 0 radical (unpaired) electrons. The first-order chi connectivity index (χ1) is 8.16. The van der Waals surface area contributed by atoms with E-state index < -0.39 is 5.82 Å². The Morgan fingerprint density at radius 1 is 1.24 bits per heavy atom. The van der Waals surface area contributed by atoms with Crippen molar-refractivity contribution in [2.75, 3.05) is 0 Å². The van der Waals surface area contributed by atoms with E-state index in [0.717, 1.165) is 5.69 Å². The highest BCUT2D eigenvalue weighted by molar-refractivity contribution is 6.30. The maximum atomic E-state index is 13.3. The molecule has 88 valence electrons. The number of hydrogen-bond acceptors (Lipinski definition) is 1. The van der Waals surface area contributed by atoms with Crippen LogP contribution in [0.5, 0.6) is 0 Å². The van der Waals surface area contributed by atoms with Gasteiger partial charge >= 0.3 is 0 Å². The minimum Gasteiger partial charge on any atom is -0.261 e. The van der Waals surface area contributed by atoms with Gasteiger partial charge < -0.3 is 0 Å². The third-order valence-corrected chi connectivity index (χ3v) is 3.13. The van der Waals surface area contributed by atoms with Gasteiger partial charge in [0.05, 0.1) is 10.4 Å². The fourth-order valence-electron chi connectivity index (χ4n) is 1.53. The summed E-state index contributed by atoms with van der Waals surface area (Å²) in [6.07, 6.45) is 2.27. The third-order valence-electron chi connectivity index (χ3n) is 2.42.